The molecule has 0 spiro atoms. The number of aromatic nitrogens is 2. The smallest absolute Gasteiger partial charge is 0.258 e. The minimum Gasteiger partial charge on any atom is -0.497 e. The molecule has 1 atom stereocenters. The first-order valence-electron chi connectivity index (χ1n) is 10.2. The fraction of sp³-hybridized carbons (Fsp3) is 0.231. The fourth-order valence-corrected chi connectivity index (χ4v) is 3.60. The summed E-state index contributed by atoms with van der Waals surface area (Å²) >= 11 is 0. The number of nitrogens with one attached hydrogen (secondary N) is 1. The quantitative estimate of drug-likeness (QED) is 0.508. The Morgan fingerprint density at radius 2 is 1.84 bits per heavy atom. The van der Waals surface area contributed by atoms with Gasteiger partial charge < -0.3 is 10.1 Å². The lowest BCUT2D eigenvalue weighted by molar-refractivity contribution is 0.102. The van der Waals surface area contributed by atoms with Gasteiger partial charge in [-0.25, -0.2) is 4.98 Å². The predicted molar refractivity (Wildman–Crippen MR) is 124 cm³/mol. The standard InChI is InChI=1S/C26H27N3O2/c1-6-22(25(17(2)3)19-7-10-21(31-5)11-8-19)20-9-12-24(28-15-20)29-26(30)23-16-27-14-13-18(23)4/h7-17,25H,1H2,2-5H3,(H,28,29,30). The molecule has 0 fully saturated rings. The topological polar surface area (TPSA) is 64.1 Å². The van der Waals surface area contributed by atoms with Crippen LogP contribution in [-0.2, 0) is 0 Å². The van der Waals surface area contributed by atoms with Gasteiger partial charge in [0.15, 0.2) is 0 Å². The largest absolute Gasteiger partial charge is 0.497 e. The number of carbonyl (C=O) groups is 1. The molecule has 0 aliphatic rings. The Morgan fingerprint density at radius 1 is 1.10 bits per heavy atom. The van der Waals surface area contributed by atoms with Crippen molar-refractivity contribution < 1.29 is 9.53 Å². The number of hydrogen-bond acceptors (Lipinski definition) is 4. The van der Waals surface area contributed by atoms with E-state index in [-0.39, 0.29) is 11.8 Å². The van der Waals surface area contributed by atoms with Gasteiger partial charge in [-0.1, -0.05) is 32.6 Å². The summed E-state index contributed by atoms with van der Waals surface area (Å²) in [5.41, 5.74) is 7.55. The van der Waals surface area contributed by atoms with Crippen molar-refractivity contribution in [3.63, 3.8) is 0 Å². The van der Waals surface area contributed by atoms with Gasteiger partial charge in [0.2, 0.25) is 0 Å². The highest BCUT2D eigenvalue weighted by molar-refractivity contribution is 6.04. The number of aryl methyl sites for hydroxylation is 1. The third kappa shape index (κ3) is 5.08. The van der Waals surface area contributed by atoms with Crippen molar-refractivity contribution in [3.8, 4) is 5.75 Å². The highest BCUT2D eigenvalue weighted by Crippen LogP contribution is 2.37. The highest BCUT2D eigenvalue weighted by atomic mass is 16.5. The molecular weight excluding hydrogens is 386 g/mol. The Labute approximate surface area is 183 Å². The predicted octanol–water partition coefficient (Wildman–Crippen LogP) is 5.65. The molecule has 0 aliphatic carbocycles. The summed E-state index contributed by atoms with van der Waals surface area (Å²) in [7, 11) is 1.66. The zero-order valence-electron chi connectivity index (χ0n) is 18.3. The Hall–Kier alpha value is -3.69. The zero-order valence-corrected chi connectivity index (χ0v) is 18.3. The van der Waals surface area contributed by atoms with Crippen molar-refractivity contribution in [2.45, 2.75) is 26.7 Å². The lowest BCUT2D eigenvalue weighted by Gasteiger charge is -2.24. The van der Waals surface area contributed by atoms with Crippen molar-refractivity contribution in [2.24, 2.45) is 5.92 Å². The summed E-state index contributed by atoms with van der Waals surface area (Å²) in [4.78, 5) is 21.0. The van der Waals surface area contributed by atoms with E-state index in [0.29, 0.717) is 17.3 Å². The van der Waals surface area contributed by atoms with Crippen LogP contribution in [0.5, 0.6) is 5.75 Å². The molecule has 0 radical (unpaired) electrons. The van der Waals surface area contributed by atoms with E-state index >= 15 is 0 Å². The van der Waals surface area contributed by atoms with Crippen LogP contribution in [0.1, 0.15) is 46.8 Å². The maximum absolute atomic E-state index is 12.5. The third-order valence-corrected chi connectivity index (χ3v) is 5.24. The summed E-state index contributed by atoms with van der Waals surface area (Å²) < 4.78 is 5.28. The lowest BCUT2D eigenvalue weighted by atomic mass is 9.80. The number of benzene rings is 1. The Balaban J connectivity index is 1.84. The van der Waals surface area contributed by atoms with E-state index in [9.17, 15) is 4.79 Å². The van der Waals surface area contributed by atoms with Gasteiger partial charge in [0.1, 0.15) is 11.6 Å². The molecule has 5 heteroatoms. The van der Waals surface area contributed by atoms with Crippen molar-refractivity contribution >= 4 is 17.3 Å². The number of amides is 1. The average molecular weight is 414 g/mol. The minimum absolute atomic E-state index is 0.101. The number of methoxy groups -OCH3 is 1. The van der Waals surface area contributed by atoms with Gasteiger partial charge in [0.25, 0.3) is 5.91 Å². The summed E-state index contributed by atoms with van der Waals surface area (Å²) in [6, 6.07) is 13.6. The van der Waals surface area contributed by atoms with E-state index in [0.717, 1.165) is 28.0 Å². The van der Waals surface area contributed by atoms with Crippen LogP contribution in [0.3, 0.4) is 0 Å². The van der Waals surface area contributed by atoms with Gasteiger partial charge in [-0.05, 0) is 54.3 Å². The van der Waals surface area contributed by atoms with Crippen LogP contribution in [0, 0.1) is 12.8 Å². The SMILES string of the molecule is C=C=C(c1ccc(NC(=O)c2cnccc2C)nc1)C(c1ccc(OC)cc1)C(C)C. The summed E-state index contributed by atoms with van der Waals surface area (Å²) in [5, 5.41) is 2.83. The summed E-state index contributed by atoms with van der Waals surface area (Å²) in [5.74, 6) is 1.49. The van der Waals surface area contributed by atoms with Crippen LogP contribution >= 0.6 is 0 Å². The van der Waals surface area contributed by atoms with Crippen LogP contribution in [0.25, 0.3) is 5.57 Å². The molecule has 2 heterocycles. The van der Waals surface area contributed by atoms with Gasteiger partial charge in [-0.15, -0.1) is 5.73 Å². The Bertz CT molecular complexity index is 1100. The molecular formula is C26H27N3O2. The molecule has 0 saturated carbocycles. The van der Waals surface area contributed by atoms with Crippen molar-refractivity contribution in [1.29, 1.82) is 0 Å². The molecule has 0 bridgehead atoms. The second-order valence-corrected chi connectivity index (χ2v) is 7.66. The first-order chi connectivity index (χ1) is 14.9. The summed E-state index contributed by atoms with van der Waals surface area (Å²) in [6.45, 7) is 10.1. The normalized spacial score (nSPS) is 11.5. The molecule has 158 valence electrons. The maximum Gasteiger partial charge on any atom is 0.258 e. The first kappa shape index (κ1) is 22.0. The van der Waals surface area contributed by atoms with Gasteiger partial charge >= 0.3 is 0 Å². The molecule has 1 amide bonds. The average Bonchev–Trinajstić information content (AvgIpc) is 2.78. The number of carbonyl (C=O) groups excluding carboxylic acids is 1. The van der Waals surface area contributed by atoms with Gasteiger partial charge in [-0.3, -0.25) is 9.78 Å². The highest BCUT2D eigenvalue weighted by Gasteiger charge is 2.22. The van der Waals surface area contributed by atoms with E-state index in [4.69, 9.17) is 4.74 Å². The summed E-state index contributed by atoms with van der Waals surface area (Å²) in [6.07, 6.45) is 4.97. The van der Waals surface area contributed by atoms with Crippen molar-refractivity contribution in [2.75, 3.05) is 12.4 Å². The number of rotatable bonds is 7. The fourth-order valence-electron chi connectivity index (χ4n) is 3.60. The van der Waals surface area contributed by atoms with Gasteiger partial charge in [0, 0.05) is 35.6 Å². The first-order valence-corrected chi connectivity index (χ1v) is 10.2. The van der Waals surface area contributed by atoms with Gasteiger partial charge in [0.05, 0.1) is 12.7 Å². The van der Waals surface area contributed by atoms with Crippen LogP contribution in [-0.4, -0.2) is 23.0 Å². The van der Waals surface area contributed by atoms with Crippen molar-refractivity contribution in [1.82, 2.24) is 9.97 Å². The van der Waals surface area contributed by atoms with E-state index in [1.165, 1.54) is 0 Å². The third-order valence-electron chi connectivity index (χ3n) is 5.24. The Kier molecular flexibility index (Phi) is 7.01. The Morgan fingerprint density at radius 3 is 2.39 bits per heavy atom. The second-order valence-electron chi connectivity index (χ2n) is 7.66. The van der Waals surface area contributed by atoms with Crippen LogP contribution in [0.4, 0.5) is 5.82 Å². The molecule has 2 aromatic heterocycles. The molecule has 0 aliphatic heterocycles. The lowest BCUT2D eigenvalue weighted by Crippen LogP contribution is -2.15. The molecule has 1 unspecified atom stereocenters. The number of allylic oxidation sites excluding steroid dienone is 1. The zero-order chi connectivity index (χ0) is 22.4. The van der Waals surface area contributed by atoms with E-state index in [2.05, 4.69) is 53.6 Å². The van der Waals surface area contributed by atoms with E-state index < -0.39 is 0 Å². The molecule has 1 N–H and O–H groups in total. The number of nitrogens with zero attached hydrogens (tertiary/aromatic N) is 2. The van der Waals surface area contributed by atoms with E-state index in [1.807, 2.05) is 25.1 Å². The van der Waals surface area contributed by atoms with Crippen LogP contribution in [0.2, 0.25) is 0 Å². The maximum atomic E-state index is 12.5. The molecule has 31 heavy (non-hydrogen) atoms. The van der Waals surface area contributed by atoms with Gasteiger partial charge in [-0.2, -0.15) is 0 Å². The minimum atomic E-state index is -0.233. The molecule has 5 nitrogen and oxygen atoms in total. The molecule has 0 saturated heterocycles. The van der Waals surface area contributed by atoms with Crippen LogP contribution < -0.4 is 10.1 Å². The monoisotopic (exact) mass is 413 g/mol. The molecule has 3 aromatic rings. The van der Waals surface area contributed by atoms with Crippen LogP contribution in [0.15, 0.2) is 73.4 Å². The number of pyridine rings is 2. The number of anilines is 1. The molecule has 1 aromatic carbocycles. The molecule has 3 rings (SSSR count). The number of ether oxygens (including phenoxy) is 1. The second kappa shape index (κ2) is 9.88. The number of hydrogen-bond donors (Lipinski definition) is 1. The van der Waals surface area contributed by atoms with Crippen molar-refractivity contribution in [3.05, 3.63) is 95.6 Å². The van der Waals surface area contributed by atoms with E-state index in [1.54, 1.807) is 37.8 Å².